The molecule has 13 rings (SSSR count). The van der Waals surface area contributed by atoms with Gasteiger partial charge < -0.3 is 13.7 Å². The average Bonchev–Trinajstić information content (AvgIpc) is 4.07. The molecule has 0 saturated heterocycles. The fraction of sp³-hybridized carbons (Fsp3) is 0.157. The predicted molar refractivity (Wildman–Crippen MR) is 312 cm³/mol. The summed E-state index contributed by atoms with van der Waals surface area (Å²) in [5.74, 6) is 0. The highest BCUT2D eigenvalue weighted by Crippen LogP contribution is 2.44. The van der Waals surface area contributed by atoms with Gasteiger partial charge in [-0.05, 0) is 138 Å². The monoisotopic (exact) mass is 956 g/mol. The highest BCUT2D eigenvalue weighted by Gasteiger charge is 2.30. The minimum absolute atomic E-state index is 0.205. The van der Waals surface area contributed by atoms with Crippen molar-refractivity contribution < 1.29 is 0 Å². The molecule has 0 bridgehead atoms. The Morgan fingerprint density at radius 1 is 0.284 bits per heavy atom. The molecule has 0 N–H and O–H groups in total. The van der Waals surface area contributed by atoms with Gasteiger partial charge in [0.2, 0.25) is 0 Å². The summed E-state index contributed by atoms with van der Waals surface area (Å²) >= 11 is 0. The normalized spacial score (nSPS) is 12.6. The van der Waals surface area contributed by atoms with Crippen molar-refractivity contribution in [1.82, 2.24) is 18.7 Å². The molecule has 9 aromatic carbocycles. The number of benzene rings is 9. The fourth-order valence-electron chi connectivity index (χ4n) is 12.0. The first kappa shape index (κ1) is 45.4. The highest BCUT2D eigenvalue weighted by molar-refractivity contribution is 6.12. The van der Waals surface area contributed by atoms with Crippen LogP contribution in [0, 0.1) is 13.8 Å². The number of aromatic nitrogens is 4. The van der Waals surface area contributed by atoms with Crippen molar-refractivity contribution in [3.63, 3.8) is 0 Å². The molecule has 4 heteroatoms. The van der Waals surface area contributed by atoms with E-state index in [0.29, 0.717) is 0 Å². The van der Waals surface area contributed by atoms with E-state index in [-0.39, 0.29) is 16.2 Å². The number of pyridine rings is 1. The van der Waals surface area contributed by atoms with E-state index in [9.17, 15) is 0 Å². The van der Waals surface area contributed by atoms with E-state index in [1.54, 1.807) is 0 Å². The van der Waals surface area contributed by atoms with Gasteiger partial charge in [0.05, 0.1) is 33.1 Å². The minimum Gasteiger partial charge on any atom is -0.309 e. The van der Waals surface area contributed by atoms with E-state index in [0.717, 1.165) is 5.69 Å². The van der Waals surface area contributed by atoms with Gasteiger partial charge in [-0.3, -0.25) is 4.98 Å². The third-order valence-corrected chi connectivity index (χ3v) is 16.8. The first-order valence-electron chi connectivity index (χ1n) is 26.1. The molecule has 4 heterocycles. The van der Waals surface area contributed by atoms with Gasteiger partial charge in [-0.1, -0.05) is 168 Å². The van der Waals surface area contributed by atoms with Crippen LogP contribution < -0.4 is 0 Å². The molecule has 0 unspecified atom stereocenters. The predicted octanol–water partition coefficient (Wildman–Crippen LogP) is 18.0. The van der Waals surface area contributed by atoms with Crippen molar-refractivity contribution in [3.05, 3.63) is 263 Å². The zero-order valence-corrected chi connectivity index (χ0v) is 43.6. The molecule has 74 heavy (non-hydrogen) atoms. The molecule has 0 saturated carbocycles. The number of aryl methyl sites for hydroxylation is 2. The molecule has 4 aromatic heterocycles. The summed E-state index contributed by atoms with van der Waals surface area (Å²) < 4.78 is 7.34. The maximum atomic E-state index is 4.47. The molecule has 0 spiro atoms. The lowest BCUT2D eigenvalue weighted by Gasteiger charge is -2.27. The number of hydrogen-bond donors (Lipinski definition) is 0. The molecule has 0 atom stereocenters. The van der Waals surface area contributed by atoms with Crippen LogP contribution >= 0.6 is 0 Å². The largest absolute Gasteiger partial charge is 0.309 e. The quantitative estimate of drug-likeness (QED) is 0.142. The highest BCUT2D eigenvalue weighted by atomic mass is 15.0. The van der Waals surface area contributed by atoms with Gasteiger partial charge >= 0.3 is 0 Å². The van der Waals surface area contributed by atoms with Gasteiger partial charge in [0.25, 0.3) is 0 Å². The Kier molecular flexibility index (Phi) is 10.3. The second-order valence-corrected chi connectivity index (χ2v) is 22.3. The second kappa shape index (κ2) is 16.8. The minimum atomic E-state index is -0.326. The summed E-state index contributed by atoms with van der Waals surface area (Å²) in [6, 6.07) is 77.5. The standard InChI is InChI=1S/C70H60N4/c1-45-19-29-53(30-20-45)73-62-17-11-9-15-56(62)58-35-25-50(42-66(58)73)69(5,6)48-27-37-64-60(40-48)61-41-49(28-38-65(61)72(64)55-33-23-47(24-34-55)68(3,4)52-14-13-39-71-44-52)70(7,8)51-26-36-59-57-16-10-12-18-63(57)74(67(59)43-51)54-31-21-46(2)22-32-54/h9-44H,1-8H3. The molecular weight excluding hydrogens is 897 g/mol. The Bertz CT molecular complexity index is 4080. The molecular formula is C70H60N4. The number of para-hydroxylation sites is 2. The Morgan fingerprint density at radius 2 is 0.635 bits per heavy atom. The zero-order valence-electron chi connectivity index (χ0n) is 43.6. The van der Waals surface area contributed by atoms with Crippen molar-refractivity contribution in [2.24, 2.45) is 0 Å². The second-order valence-electron chi connectivity index (χ2n) is 22.3. The van der Waals surface area contributed by atoms with E-state index in [1.165, 1.54) is 121 Å². The molecule has 0 aliphatic rings. The van der Waals surface area contributed by atoms with Gasteiger partial charge in [0.15, 0.2) is 0 Å². The lowest BCUT2D eigenvalue weighted by molar-refractivity contribution is 0.637. The van der Waals surface area contributed by atoms with Crippen LogP contribution in [0.3, 0.4) is 0 Å². The van der Waals surface area contributed by atoms with E-state index >= 15 is 0 Å². The third-order valence-electron chi connectivity index (χ3n) is 16.8. The Hall–Kier alpha value is -8.47. The van der Waals surface area contributed by atoms with E-state index in [1.807, 2.05) is 18.5 Å². The Morgan fingerprint density at radius 3 is 1.08 bits per heavy atom. The summed E-state index contributed by atoms with van der Waals surface area (Å²) in [5, 5.41) is 7.55. The topological polar surface area (TPSA) is 27.7 Å². The molecule has 0 radical (unpaired) electrons. The van der Waals surface area contributed by atoms with Crippen molar-refractivity contribution in [2.75, 3.05) is 0 Å². The molecule has 13 aromatic rings. The summed E-state index contributed by atoms with van der Waals surface area (Å²) in [6.07, 6.45) is 3.84. The van der Waals surface area contributed by atoms with Crippen molar-refractivity contribution in [1.29, 1.82) is 0 Å². The van der Waals surface area contributed by atoms with Crippen LogP contribution in [-0.4, -0.2) is 18.7 Å². The third kappa shape index (κ3) is 7.06. The molecule has 360 valence electrons. The van der Waals surface area contributed by atoms with Crippen LogP contribution in [0.25, 0.3) is 82.5 Å². The maximum Gasteiger partial charge on any atom is 0.0544 e. The van der Waals surface area contributed by atoms with Gasteiger partial charge in [-0.2, -0.15) is 0 Å². The van der Waals surface area contributed by atoms with Crippen LogP contribution in [0.5, 0.6) is 0 Å². The number of nitrogens with zero attached hydrogens (tertiary/aromatic N) is 4. The molecule has 0 aliphatic carbocycles. The average molecular weight is 957 g/mol. The summed E-state index contributed by atoms with van der Waals surface area (Å²) in [5.41, 5.74) is 19.9. The number of hydrogen-bond acceptors (Lipinski definition) is 1. The summed E-state index contributed by atoms with van der Waals surface area (Å²) in [4.78, 5) is 4.47. The van der Waals surface area contributed by atoms with Crippen LogP contribution in [0.4, 0.5) is 0 Å². The van der Waals surface area contributed by atoms with Crippen LogP contribution in [0.2, 0.25) is 0 Å². The smallest absolute Gasteiger partial charge is 0.0544 e. The summed E-state index contributed by atoms with van der Waals surface area (Å²) in [6.45, 7) is 18.4. The van der Waals surface area contributed by atoms with Crippen molar-refractivity contribution in [3.8, 4) is 17.1 Å². The molecule has 0 aliphatic heterocycles. The van der Waals surface area contributed by atoms with Crippen molar-refractivity contribution >= 4 is 65.4 Å². The maximum absolute atomic E-state index is 4.47. The van der Waals surface area contributed by atoms with Gasteiger partial charge in [0.1, 0.15) is 0 Å². The zero-order chi connectivity index (χ0) is 50.7. The van der Waals surface area contributed by atoms with Gasteiger partial charge in [-0.25, -0.2) is 0 Å². The van der Waals surface area contributed by atoms with Crippen LogP contribution in [0.15, 0.2) is 219 Å². The molecule has 0 fully saturated rings. The molecule has 0 amide bonds. The first-order chi connectivity index (χ1) is 35.8. The van der Waals surface area contributed by atoms with E-state index < -0.39 is 0 Å². The lowest BCUT2D eigenvalue weighted by atomic mass is 9.76. The van der Waals surface area contributed by atoms with Crippen LogP contribution in [0.1, 0.15) is 86.1 Å². The summed E-state index contributed by atoms with van der Waals surface area (Å²) in [7, 11) is 0. The first-order valence-corrected chi connectivity index (χ1v) is 26.1. The Balaban J connectivity index is 0.978. The van der Waals surface area contributed by atoms with E-state index in [4.69, 9.17) is 0 Å². The van der Waals surface area contributed by atoms with Crippen molar-refractivity contribution in [2.45, 2.75) is 71.6 Å². The lowest BCUT2D eigenvalue weighted by Crippen LogP contribution is -2.19. The van der Waals surface area contributed by atoms with E-state index in [2.05, 4.69) is 274 Å². The number of fused-ring (bicyclic) bond motifs is 9. The SMILES string of the molecule is Cc1ccc(-n2c3ccccc3c3ccc(C(C)(C)c4ccc5c(c4)c4cc(C(C)(C)c6ccc7c8ccccc8n(-c8ccc(C)cc8)c7c6)ccc4n5-c4ccc(C(C)(C)c5cccnc5)cc4)cc32)cc1. The Labute approximate surface area is 433 Å². The fourth-order valence-corrected chi connectivity index (χ4v) is 12.0. The van der Waals surface area contributed by atoms with Crippen LogP contribution in [-0.2, 0) is 16.2 Å². The van der Waals surface area contributed by atoms with Gasteiger partial charge in [-0.15, -0.1) is 0 Å². The molecule has 4 nitrogen and oxygen atoms in total. The number of rotatable bonds is 9. The van der Waals surface area contributed by atoms with Gasteiger partial charge in [0, 0.05) is 78.0 Å².